The molecule has 33 heteroatoms. The highest BCUT2D eigenvalue weighted by Crippen LogP contribution is 2.50. The monoisotopic (exact) mass is 1440 g/mol. The Hall–Kier alpha value is -9.12. The van der Waals surface area contributed by atoms with E-state index in [0.29, 0.717) is 0 Å². The summed E-state index contributed by atoms with van der Waals surface area (Å²) in [5.74, 6) is -16.8. The van der Waals surface area contributed by atoms with Crippen LogP contribution in [0, 0.1) is 17.8 Å². The summed E-state index contributed by atoms with van der Waals surface area (Å²) >= 11 is 14.2. The molecule has 0 spiro atoms. The van der Waals surface area contributed by atoms with Crippen LogP contribution in [-0.4, -0.2) is 178 Å². The van der Waals surface area contributed by atoms with Crippen LogP contribution < -0.4 is 62.9 Å². The molecule has 2 fully saturated rings. The van der Waals surface area contributed by atoms with Crippen LogP contribution in [0.3, 0.4) is 0 Å². The zero-order chi connectivity index (χ0) is 73.5. The molecule has 0 saturated heterocycles. The first-order chi connectivity index (χ1) is 47.7. The van der Waals surface area contributed by atoms with E-state index in [2.05, 4.69) is 37.2 Å². The number of carbonyl (C=O) groups excluding carboxylic acids is 7. The second-order valence-corrected chi connectivity index (χ2v) is 27.6. The minimum Gasteiger partial charge on any atom is -0.508 e. The van der Waals surface area contributed by atoms with Crippen LogP contribution in [0.15, 0.2) is 78.9 Å². The molecule has 2 aliphatic carbocycles. The van der Waals surface area contributed by atoms with E-state index >= 15 is 14.4 Å². The summed E-state index contributed by atoms with van der Waals surface area (Å²) in [6, 6.07) is -0.0111. The maximum Gasteiger partial charge on any atom is 0.330 e. The maximum absolute atomic E-state index is 16.0. The van der Waals surface area contributed by atoms with Crippen LogP contribution in [-0.2, 0) is 43.1 Å². The number of hydrogen-bond acceptors (Lipinski definition) is 23. The number of fused-ring (bicyclic) bond motifs is 15. The number of ether oxygens (including phenoxy) is 4. The molecule has 0 aromatic heterocycles. The topological polar surface area (TPSA) is 512 Å². The van der Waals surface area contributed by atoms with E-state index in [1.54, 1.807) is 13.8 Å². The van der Waals surface area contributed by atoms with E-state index in [-0.39, 0.29) is 64.8 Å². The van der Waals surface area contributed by atoms with Crippen LogP contribution in [0.2, 0.25) is 10.0 Å². The maximum atomic E-state index is 16.0. The van der Waals surface area contributed by atoms with Crippen molar-refractivity contribution in [2.75, 3.05) is 13.7 Å². The SMILES string of the molecule is CN[C@H](CC(C)C)C(=O)N[C@H]1C(=O)N[C@@H](CC(N)=O)C(=O)NC2C(=O)N[C@H]3C(=O)N[C@H](C(=O)N[C@H](C(=O)O)c4cc(O)cc(O)c4-c4cc3ccc4O)[C@H](O)c3ccc(c(Cl)c3)Oc3cc2cc(c3O[C@@H]2C[C@H](CO)[C@@H](O)[C@H](O)[C@H]2O[C@@H]2C[C@@H](C)[C@@H](O)[C@@](C)(N)C2)Oc2ccc(cc2Cl)[C@H]1O. The summed E-state index contributed by atoms with van der Waals surface area (Å²) in [6.07, 6.45) is -13.4. The summed E-state index contributed by atoms with van der Waals surface area (Å²) in [5, 5.41) is 131. The van der Waals surface area contributed by atoms with Crippen molar-refractivity contribution in [1.82, 2.24) is 37.2 Å². The lowest BCUT2D eigenvalue weighted by Gasteiger charge is -2.47. The predicted molar refractivity (Wildman–Crippen MR) is 356 cm³/mol. The average Bonchev–Trinajstić information content (AvgIpc) is 0.779. The number of nitrogens with two attached hydrogens (primary N) is 2. The molecule has 31 nitrogen and oxygen atoms in total. The molecule has 2 saturated carbocycles. The Morgan fingerprint density at radius 3 is 1.90 bits per heavy atom. The van der Waals surface area contributed by atoms with Crippen molar-refractivity contribution >= 4 is 70.5 Å². The van der Waals surface area contributed by atoms with Crippen molar-refractivity contribution in [2.24, 2.45) is 29.2 Å². The van der Waals surface area contributed by atoms with E-state index < -0.39 is 231 Å². The third kappa shape index (κ3) is 15.8. The Balaban J connectivity index is 1.24. The molecule has 18 atom stereocenters. The van der Waals surface area contributed by atoms with Crippen LogP contribution in [0.5, 0.6) is 46.0 Å². The summed E-state index contributed by atoms with van der Waals surface area (Å²) in [7, 11) is 1.48. The number of halogens is 2. The molecule has 21 N–H and O–H groups in total. The van der Waals surface area contributed by atoms with Crippen molar-refractivity contribution in [3.63, 3.8) is 0 Å². The van der Waals surface area contributed by atoms with Gasteiger partial charge in [0.1, 0.15) is 89.5 Å². The number of carbonyl (C=O) groups is 8. The number of carboxylic acids is 1. The van der Waals surface area contributed by atoms with Gasteiger partial charge in [-0.3, -0.25) is 33.6 Å². The minimum absolute atomic E-state index is 0.0340. The van der Waals surface area contributed by atoms with Gasteiger partial charge in [-0.25, -0.2) is 4.79 Å². The highest BCUT2D eigenvalue weighted by molar-refractivity contribution is 6.32. The number of carboxylic acid groups (broad SMARTS) is 1. The summed E-state index contributed by atoms with van der Waals surface area (Å²) in [6.45, 7) is 6.30. The van der Waals surface area contributed by atoms with Gasteiger partial charge in [0, 0.05) is 40.8 Å². The molecule has 12 rings (SSSR count). The number of primary amides is 1. The van der Waals surface area contributed by atoms with Crippen LogP contribution in [0.25, 0.3) is 11.1 Å². The number of rotatable bonds is 13. The Morgan fingerprint density at radius 2 is 1.32 bits per heavy atom. The predicted octanol–water partition coefficient (Wildman–Crippen LogP) is 1.43. The van der Waals surface area contributed by atoms with Crippen LogP contribution in [0.4, 0.5) is 0 Å². The van der Waals surface area contributed by atoms with Crippen molar-refractivity contribution in [3.8, 4) is 57.1 Å². The average molecular weight is 1450 g/mol. The van der Waals surface area contributed by atoms with Gasteiger partial charge in [0.05, 0.1) is 40.8 Å². The summed E-state index contributed by atoms with van der Waals surface area (Å²) in [4.78, 5) is 117. The highest BCUT2D eigenvalue weighted by Gasteiger charge is 2.50. The van der Waals surface area contributed by atoms with Gasteiger partial charge in [0.25, 0.3) is 0 Å². The minimum atomic E-state index is -2.30. The van der Waals surface area contributed by atoms with Crippen molar-refractivity contribution < 1.29 is 108 Å². The van der Waals surface area contributed by atoms with Gasteiger partial charge in [0.15, 0.2) is 17.5 Å². The third-order valence-electron chi connectivity index (χ3n) is 18.8. The van der Waals surface area contributed by atoms with Crippen LogP contribution >= 0.6 is 23.2 Å². The van der Waals surface area contributed by atoms with E-state index in [4.69, 9.17) is 53.6 Å². The summed E-state index contributed by atoms with van der Waals surface area (Å²) < 4.78 is 27.0. The third-order valence-corrected chi connectivity index (χ3v) is 19.3. The molecule has 7 aliphatic rings. The Labute approximate surface area is 586 Å². The van der Waals surface area contributed by atoms with Gasteiger partial charge in [-0.15, -0.1) is 0 Å². The number of benzene rings is 5. The van der Waals surface area contributed by atoms with Gasteiger partial charge in [0.2, 0.25) is 47.1 Å². The quantitative estimate of drug-likeness (QED) is 0.0793. The fraction of sp³-hybridized carbons (Fsp3) is 0.441. The number of phenols is 3. The van der Waals surface area contributed by atoms with Gasteiger partial charge in [-0.1, -0.05) is 62.2 Å². The van der Waals surface area contributed by atoms with Crippen LogP contribution in [0.1, 0.15) is 118 Å². The lowest BCUT2D eigenvalue weighted by Crippen LogP contribution is -2.61. The Morgan fingerprint density at radius 1 is 0.713 bits per heavy atom. The molecular formula is C68H79Cl2N9O22. The second-order valence-electron chi connectivity index (χ2n) is 26.8. The number of phenolic OH excluding ortho intramolecular Hbond substituents is 3. The number of amides is 7. The lowest BCUT2D eigenvalue weighted by molar-refractivity contribution is -0.204. The Kier molecular flexibility index (Phi) is 22.3. The number of aliphatic hydroxyl groups is 6. The fourth-order valence-corrected chi connectivity index (χ4v) is 14.0. The smallest absolute Gasteiger partial charge is 0.330 e. The van der Waals surface area contributed by atoms with E-state index in [1.165, 1.54) is 37.4 Å². The van der Waals surface area contributed by atoms with Gasteiger partial charge >= 0.3 is 5.97 Å². The van der Waals surface area contributed by atoms with Gasteiger partial charge < -0.3 is 119 Å². The molecule has 5 aliphatic heterocycles. The van der Waals surface area contributed by atoms with E-state index in [1.807, 2.05) is 13.8 Å². The van der Waals surface area contributed by atoms with Crippen molar-refractivity contribution in [3.05, 3.63) is 117 Å². The number of likely N-dealkylation sites (N-methyl/N-ethyl adjacent to an activating group) is 1. The zero-order valence-electron chi connectivity index (χ0n) is 54.9. The fourth-order valence-electron chi connectivity index (χ4n) is 13.5. The largest absolute Gasteiger partial charge is 0.508 e. The number of aliphatic hydroxyl groups excluding tert-OH is 6. The molecule has 5 aromatic rings. The molecule has 5 heterocycles. The first-order valence-corrected chi connectivity index (χ1v) is 33.1. The second kappa shape index (κ2) is 30.2. The molecule has 101 heavy (non-hydrogen) atoms. The van der Waals surface area contributed by atoms with E-state index in [0.717, 1.165) is 48.5 Å². The zero-order valence-corrected chi connectivity index (χ0v) is 56.4. The first kappa shape index (κ1) is 74.6. The lowest BCUT2D eigenvalue weighted by atomic mass is 9.74. The number of aliphatic carboxylic acids is 1. The highest BCUT2D eigenvalue weighted by atomic mass is 35.5. The summed E-state index contributed by atoms with van der Waals surface area (Å²) in [5.41, 5.74) is 8.49. The number of aromatic hydroxyl groups is 3. The molecule has 11 bridgehead atoms. The molecule has 542 valence electrons. The standard InChI is InChI=1S/C68H79Cl2N9O22/c1-25(2)12-38(73-5)61(90)78-52-54(85)28-7-10-42(36(69)15-28)99-44-17-30-18-45(58(44)101-46-19-31(24-80)56(87)57(88)59(46)98-33-13-26(3)60(89)68(4,72)23-33)100-43-11-8-29(16-37(43)70)55(86)53-66(95)77-51(67(96)97)35-20-32(81)21-41(83)48(35)34-14-27(6-9-40(34)82)49(63(92)79-53)76-64(93)50(30)75-62(91)39(22-47(71)84)74-65(52)94/h6-11,14-18,20-21,25-26,31,33,38-39,46,49-57,59-60,73,80-83,85-89H,12-13,19,22-24,72H2,1-5H3,(H2,71,84)(H,74,94)(H,75,91)(H,76,93)(H,77,95)(H,78,90)(H,79,92)(H,96,97)/t26-,31-,33-,38-,39+,46-,49-,50?,51+,52-,53+,54-,55-,56-,57+,59+,60-,68+/m1/s1. The number of hydrogen-bond donors (Lipinski definition) is 19. The Bertz CT molecular complexity index is 4070. The van der Waals surface area contributed by atoms with Crippen molar-refractivity contribution in [1.29, 1.82) is 0 Å². The molecular weight excluding hydrogens is 1370 g/mol. The molecule has 5 aromatic carbocycles. The molecule has 7 amide bonds. The normalized spacial score (nSPS) is 29.4. The van der Waals surface area contributed by atoms with Gasteiger partial charge in [-0.2, -0.15) is 0 Å². The molecule has 1 unspecified atom stereocenters. The number of nitrogens with one attached hydrogen (secondary N) is 7. The van der Waals surface area contributed by atoms with Crippen molar-refractivity contribution in [2.45, 2.75) is 156 Å². The molecule has 0 radical (unpaired) electrons. The van der Waals surface area contributed by atoms with E-state index in [9.17, 15) is 75.0 Å². The van der Waals surface area contributed by atoms with Gasteiger partial charge in [-0.05, 0) is 128 Å². The first-order valence-electron chi connectivity index (χ1n) is 32.3.